The molecule has 1 saturated heterocycles. The van der Waals surface area contributed by atoms with E-state index in [9.17, 15) is 13.2 Å². The van der Waals surface area contributed by atoms with E-state index in [0.29, 0.717) is 12.1 Å². The molecule has 104 valence electrons. The van der Waals surface area contributed by atoms with Gasteiger partial charge in [0, 0.05) is 6.04 Å². The lowest BCUT2D eigenvalue weighted by molar-refractivity contribution is 0.602. The van der Waals surface area contributed by atoms with Gasteiger partial charge in [-0.25, -0.2) is 13.1 Å². The van der Waals surface area contributed by atoms with Gasteiger partial charge in [-0.15, -0.1) is 6.58 Å². The van der Waals surface area contributed by atoms with Crippen LogP contribution in [0.4, 0.5) is 5.69 Å². The molecule has 8 heteroatoms. The topological polar surface area (TPSA) is 81.1 Å². The normalized spacial score (nSPS) is 21.2. The molecule has 2 rings (SSSR count). The summed E-state index contributed by atoms with van der Waals surface area (Å²) in [5, 5.41) is 6.92. The molecule has 6 nitrogen and oxygen atoms in total. The van der Waals surface area contributed by atoms with Crippen LogP contribution in [-0.2, 0) is 16.4 Å². The van der Waals surface area contributed by atoms with Crippen molar-refractivity contribution >= 4 is 27.1 Å². The predicted molar refractivity (Wildman–Crippen MR) is 74.4 cm³/mol. The Balaban J connectivity index is 2.20. The Morgan fingerprint density at radius 2 is 2.37 bits per heavy atom. The number of nitrogens with one attached hydrogen (secondary N) is 1. The summed E-state index contributed by atoms with van der Waals surface area (Å²) in [6, 6.07) is -0.223. The van der Waals surface area contributed by atoms with E-state index in [1.165, 1.54) is 10.9 Å². The van der Waals surface area contributed by atoms with Gasteiger partial charge in [0.1, 0.15) is 5.02 Å². The molecule has 0 amide bonds. The van der Waals surface area contributed by atoms with E-state index in [0.717, 1.165) is 0 Å². The van der Waals surface area contributed by atoms with Gasteiger partial charge in [-0.2, -0.15) is 5.10 Å². The van der Waals surface area contributed by atoms with Gasteiger partial charge < -0.3 is 5.32 Å². The summed E-state index contributed by atoms with van der Waals surface area (Å²) in [5.41, 5.74) is -0.0542. The van der Waals surface area contributed by atoms with Gasteiger partial charge in [-0.05, 0) is 6.42 Å². The Labute approximate surface area is 116 Å². The minimum absolute atomic E-state index is 0.0150. The minimum Gasteiger partial charge on any atom is -0.379 e. The number of sulfone groups is 1. The maximum absolute atomic E-state index is 11.8. The van der Waals surface area contributed by atoms with E-state index < -0.39 is 15.4 Å². The van der Waals surface area contributed by atoms with E-state index in [1.807, 2.05) is 0 Å². The molecule has 2 heterocycles. The first-order valence-electron chi connectivity index (χ1n) is 5.76. The molecule has 0 saturated carbocycles. The SMILES string of the molecule is C=CCn1ncc(NC2CCS(=O)(=O)C2)c(Cl)c1=O. The third-order valence-corrected chi connectivity index (χ3v) is 5.01. The highest BCUT2D eigenvalue weighted by Gasteiger charge is 2.28. The van der Waals surface area contributed by atoms with E-state index in [4.69, 9.17) is 11.6 Å². The third-order valence-electron chi connectivity index (χ3n) is 2.88. The van der Waals surface area contributed by atoms with Crippen LogP contribution in [-0.4, -0.2) is 35.7 Å². The molecule has 1 aliphatic rings. The van der Waals surface area contributed by atoms with E-state index in [-0.39, 0.29) is 29.1 Å². The standard InChI is InChI=1S/C11H14ClN3O3S/c1-2-4-15-11(16)10(12)9(6-13-15)14-8-3-5-19(17,18)7-8/h2,6,8,14H,1,3-5,7H2. The lowest BCUT2D eigenvalue weighted by Crippen LogP contribution is -2.27. The molecular weight excluding hydrogens is 290 g/mol. The lowest BCUT2D eigenvalue weighted by atomic mass is 10.2. The molecule has 0 aliphatic carbocycles. The Kier molecular flexibility index (Phi) is 3.96. The highest BCUT2D eigenvalue weighted by molar-refractivity contribution is 7.91. The second-order valence-corrected chi connectivity index (χ2v) is 7.00. The fraction of sp³-hybridized carbons (Fsp3) is 0.455. The molecule has 1 fully saturated rings. The van der Waals surface area contributed by atoms with Gasteiger partial charge in [0.05, 0.1) is 29.9 Å². The van der Waals surface area contributed by atoms with Crippen molar-refractivity contribution in [2.24, 2.45) is 0 Å². The fourth-order valence-corrected chi connectivity index (χ4v) is 3.82. The van der Waals surface area contributed by atoms with Crippen LogP contribution in [0.5, 0.6) is 0 Å². The van der Waals surface area contributed by atoms with Crippen molar-refractivity contribution in [1.29, 1.82) is 0 Å². The number of hydrogen-bond donors (Lipinski definition) is 1. The van der Waals surface area contributed by atoms with Crippen LogP contribution >= 0.6 is 11.6 Å². The summed E-state index contributed by atoms with van der Waals surface area (Å²) in [4.78, 5) is 11.8. The van der Waals surface area contributed by atoms with Crippen molar-refractivity contribution in [2.45, 2.75) is 19.0 Å². The largest absolute Gasteiger partial charge is 0.379 e. The first-order valence-corrected chi connectivity index (χ1v) is 7.96. The highest BCUT2D eigenvalue weighted by atomic mass is 35.5. The van der Waals surface area contributed by atoms with Gasteiger partial charge in [0.25, 0.3) is 5.56 Å². The molecule has 1 atom stereocenters. The summed E-state index contributed by atoms with van der Waals surface area (Å²) in [7, 11) is -2.98. The predicted octanol–water partition coefficient (Wildman–Crippen LogP) is 0.682. The molecular formula is C11H14ClN3O3S. The molecule has 1 aromatic heterocycles. The van der Waals surface area contributed by atoms with Crippen LogP contribution in [0.3, 0.4) is 0 Å². The molecule has 19 heavy (non-hydrogen) atoms. The van der Waals surface area contributed by atoms with Gasteiger partial charge >= 0.3 is 0 Å². The molecule has 1 N–H and O–H groups in total. The van der Waals surface area contributed by atoms with Gasteiger partial charge in [0.2, 0.25) is 0 Å². The maximum Gasteiger partial charge on any atom is 0.287 e. The van der Waals surface area contributed by atoms with Crippen molar-refractivity contribution in [3.8, 4) is 0 Å². The molecule has 1 unspecified atom stereocenters. The number of rotatable bonds is 4. The zero-order valence-electron chi connectivity index (χ0n) is 10.2. The Morgan fingerprint density at radius 3 is 2.95 bits per heavy atom. The van der Waals surface area contributed by atoms with Gasteiger partial charge in [-0.3, -0.25) is 4.79 Å². The van der Waals surface area contributed by atoms with Crippen LogP contribution < -0.4 is 10.9 Å². The second kappa shape index (κ2) is 5.34. The fourth-order valence-electron chi connectivity index (χ4n) is 1.95. The Hall–Kier alpha value is -1.34. The number of halogens is 1. The number of anilines is 1. The van der Waals surface area contributed by atoms with Crippen molar-refractivity contribution < 1.29 is 8.42 Å². The van der Waals surface area contributed by atoms with Crippen LogP contribution in [0, 0.1) is 0 Å². The summed E-state index contributed by atoms with van der Waals surface area (Å²) in [6.45, 7) is 3.80. The average molecular weight is 304 g/mol. The van der Waals surface area contributed by atoms with Crippen LogP contribution in [0.1, 0.15) is 6.42 Å². The highest BCUT2D eigenvalue weighted by Crippen LogP contribution is 2.21. The smallest absolute Gasteiger partial charge is 0.287 e. The van der Waals surface area contributed by atoms with Gasteiger partial charge in [-0.1, -0.05) is 17.7 Å². The first-order chi connectivity index (χ1) is 8.93. The molecule has 0 aromatic carbocycles. The Bertz CT molecular complexity index is 654. The summed E-state index contributed by atoms with van der Waals surface area (Å²) in [5.74, 6) is 0.211. The molecule has 1 aromatic rings. The van der Waals surface area contributed by atoms with Crippen molar-refractivity contribution in [3.05, 3.63) is 34.2 Å². The summed E-state index contributed by atoms with van der Waals surface area (Å²) in [6.07, 6.45) is 3.48. The van der Waals surface area contributed by atoms with E-state index in [1.54, 1.807) is 6.08 Å². The van der Waals surface area contributed by atoms with E-state index >= 15 is 0 Å². The minimum atomic E-state index is -2.98. The van der Waals surface area contributed by atoms with Gasteiger partial charge in [0.15, 0.2) is 9.84 Å². The number of hydrogen-bond acceptors (Lipinski definition) is 5. The average Bonchev–Trinajstić information content (AvgIpc) is 2.69. The summed E-state index contributed by atoms with van der Waals surface area (Å²) >= 11 is 5.96. The third kappa shape index (κ3) is 3.16. The number of nitrogens with zero attached hydrogens (tertiary/aromatic N) is 2. The molecule has 0 bridgehead atoms. The monoisotopic (exact) mass is 303 g/mol. The van der Waals surface area contributed by atoms with Crippen molar-refractivity contribution in [1.82, 2.24) is 9.78 Å². The zero-order chi connectivity index (χ0) is 14.0. The maximum atomic E-state index is 11.8. The van der Waals surface area contributed by atoms with Crippen molar-refractivity contribution in [2.75, 3.05) is 16.8 Å². The Morgan fingerprint density at radius 1 is 1.63 bits per heavy atom. The van der Waals surface area contributed by atoms with E-state index in [2.05, 4.69) is 17.0 Å². The molecule has 0 radical (unpaired) electrons. The molecule has 0 spiro atoms. The quantitative estimate of drug-likeness (QED) is 0.827. The summed E-state index contributed by atoms with van der Waals surface area (Å²) < 4.78 is 23.9. The lowest BCUT2D eigenvalue weighted by Gasteiger charge is -2.13. The second-order valence-electron chi connectivity index (χ2n) is 4.39. The van der Waals surface area contributed by atoms with Crippen LogP contribution in [0.15, 0.2) is 23.6 Å². The zero-order valence-corrected chi connectivity index (χ0v) is 11.7. The van der Waals surface area contributed by atoms with Crippen LogP contribution in [0.25, 0.3) is 0 Å². The first kappa shape index (κ1) is 14.1. The van der Waals surface area contributed by atoms with Crippen LogP contribution in [0.2, 0.25) is 5.02 Å². The number of aromatic nitrogens is 2. The van der Waals surface area contributed by atoms with Crippen molar-refractivity contribution in [3.63, 3.8) is 0 Å². The molecule has 1 aliphatic heterocycles. The number of allylic oxidation sites excluding steroid dienone is 1.